The van der Waals surface area contributed by atoms with Crippen molar-refractivity contribution in [3.8, 4) is 0 Å². The zero-order valence-corrected chi connectivity index (χ0v) is 12.4. The van der Waals surface area contributed by atoms with Crippen LogP contribution in [-0.2, 0) is 6.54 Å². The SMILES string of the molecule is Brc1ccc2[nH]cc(CN3C[C@H]4CNC[C@H]4C3)c2c1. The van der Waals surface area contributed by atoms with Crippen LogP contribution in [0, 0.1) is 11.8 Å². The van der Waals surface area contributed by atoms with Gasteiger partial charge >= 0.3 is 0 Å². The highest BCUT2D eigenvalue weighted by molar-refractivity contribution is 9.10. The van der Waals surface area contributed by atoms with Gasteiger partial charge in [0, 0.05) is 41.2 Å². The predicted octanol–water partition coefficient (Wildman–Crippen LogP) is 2.58. The fraction of sp³-hybridized carbons (Fsp3) is 0.467. The topological polar surface area (TPSA) is 31.1 Å². The summed E-state index contributed by atoms with van der Waals surface area (Å²) in [6, 6.07) is 6.46. The molecule has 3 nitrogen and oxygen atoms in total. The van der Waals surface area contributed by atoms with Crippen molar-refractivity contribution < 1.29 is 0 Å². The van der Waals surface area contributed by atoms with E-state index in [1.54, 1.807) is 0 Å². The third-order valence-electron chi connectivity index (χ3n) is 4.59. The number of H-pyrrole nitrogens is 1. The lowest BCUT2D eigenvalue weighted by Gasteiger charge is -2.16. The Labute approximate surface area is 121 Å². The number of rotatable bonds is 2. The molecule has 2 saturated heterocycles. The molecule has 0 aliphatic carbocycles. The predicted molar refractivity (Wildman–Crippen MR) is 81.1 cm³/mol. The third kappa shape index (κ3) is 2.12. The summed E-state index contributed by atoms with van der Waals surface area (Å²) in [6.07, 6.45) is 2.17. The van der Waals surface area contributed by atoms with E-state index in [2.05, 4.69) is 55.5 Å². The average molecular weight is 320 g/mol. The number of nitrogens with zero attached hydrogens (tertiary/aromatic N) is 1. The van der Waals surface area contributed by atoms with Crippen LogP contribution in [0.3, 0.4) is 0 Å². The number of likely N-dealkylation sites (tertiary alicyclic amines) is 1. The second-order valence-corrected chi connectivity index (χ2v) is 6.79. The van der Waals surface area contributed by atoms with E-state index in [-0.39, 0.29) is 0 Å². The van der Waals surface area contributed by atoms with Gasteiger partial charge in [-0.05, 0) is 48.7 Å². The zero-order valence-electron chi connectivity index (χ0n) is 10.8. The van der Waals surface area contributed by atoms with E-state index >= 15 is 0 Å². The monoisotopic (exact) mass is 319 g/mol. The van der Waals surface area contributed by atoms with E-state index in [4.69, 9.17) is 0 Å². The Morgan fingerprint density at radius 3 is 2.79 bits per heavy atom. The summed E-state index contributed by atoms with van der Waals surface area (Å²) in [7, 11) is 0. The largest absolute Gasteiger partial charge is 0.361 e. The maximum absolute atomic E-state index is 3.57. The summed E-state index contributed by atoms with van der Waals surface area (Å²) >= 11 is 3.57. The first-order chi connectivity index (χ1) is 9.29. The summed E-state index contributed by atoms with van der Waals surface area (Å²) in [5, 5.41) is 4.85. The van der Waals surface area contributed by atoms with Gasteiger partial charge in [-0.3, -0.25) is 4.90 Å². The van der Waals surface area contributed by atoms with Crippen molar-refractivity contribution in [3.05, 3.63) is 34.4 Å². The molecule has 2 atom stereocenters. The fourth-order valence-electron chi connectivity index (χ4n) is 3.60. The third-order valence-corrected chi connectivity index (χ3v) is 5.08. The lowest BCUT2D eigenvalue weighted by molar-refractivity contribution is 0.307. The number of halogens is 1. The minimum atomic E-state index is 0.872. The van der Waals surface area contributed by atoms with Crippen LogP contribution in [-0.4, -0.2) is 36.1 Å². The van der Waals surface area contributed by atoms with Gasteiger partial charge in [0.1, 0.15) is 0 Å². The molecule has 3 heterocycles. The normalized spacial score (nSPS) is 27.2. The Morgan fingerprint density at radius 2 is 2.00 bits per heavy atom. The molecule has 4 rings (SSSR count). The van der Waals surface area contributed by atoms with Gasteiger partial charge in [-0.15, -0.1) is 0 Å². The number of fused-ring (bicyclic) bond motifs is 2. The van der Waals surface area contributed by atoms with Crippen LogP contribution in [0.5, 0.6) is 0 Å². The van der Waals surface area contributed by atoms with Crippen molar-refractivity contribution >= 4 is 26.8 Å². The molecule has 0 spiro atoms. The number of benzene rings is 1. The molecule has 0 saturated carbocycles. The van der Waals surface area contributed by atoms with Crippen molar-refractivity contribution in [3.63, 3.8) is 0 Å². The summed E-state index contributed by atoms with van der Waals surface area (Å²) in [6.45, 7) is 5.99. The van der Waals surface area contributed by atoms with Crippen molar-refractivity contribution in [1.82, 2.24) is 15.2 Å². The fourth-order valence-corrected chi connectivity index (χ4v) is 3.97. The highest BCUT2D eigenvalue weighted by Crippen LogP contribution is 2.29. The van der Waals surface area contributed by atoms with Gasteiger partial charge in [-0.2, -0.15) is 0 Å². The number of nitrogens with one attached hydrogen (secondary N) is 2. The van der Waals surface area contributed by atoms with Gasteiger partial charge in [0.2, 0.25) is 0 Å². The number of aromatic amines is 1. The lowest BCUT2D eigenvalue weighted by atomic mass is 10.0. The number of hydrogen-bond donors (Lipinski definition) is 2. The van der Waals surface area contributed by atoms with E-state index in [1.165, 1.54) is 42.6 Å². The standard InChI is InChI=1S/C15H18BrN3/c16-13-1-2-15-14(3-13)12(6-18-15)9-19-7-10-4-17-5-11(10)8-19/h1-3,6,10-11,17-18H,4-5,7-9H2/t10-,11+. The van der Waals surface area contributed by atoms with Crippen molar-refractivity contribution in [2.75, 3.05) is 26.2 Å². The molecule has 19 heavy (non-hydrogen) atoms. The molecule has 2 fully saturated rings. The second-order valence-electron chi connectivity index (χ2n) is 5.88. The first-order valence-corrected chi connectivity index (χ1v) is 7.77. The Kier molecular flexibility index (Phi) is 2.90. The molecule has 0 unspecified atom stereocenters. The van der Waals surface area contributed by atoms with Crippen LogP contribution in [0.25, 0.3) is 10.9 Å². The molecule has 1 aromatic carbocycles. The second kappa shape index (κ2) is 4.62. The first kappa shape index (κ1) is 11.9. The van der Waals surface area contributed by atoms with Gasteiger partial charge in [0.05, 0.1) is 0 Å². The Balaban J connectivity index is 1.57. The van der Waals surface area contributed by atoms with Crippen LogP contribution in [0.4, 0.5) is 0 Å². The van der Waals surface area contributed by atoms with Crippen LogP contribution in [0.1, 0.15) is 5.56 Å². The van der Waals surface area contributed by atoms with Crippen LogP contribution >= 0.6 is 15.9 Å². The number of aromatic nitrogens is 1. The molecule has 2 aliphatic heterocycles. The van der Waals surface area contributed by atoms with Gasteiger partial charge in [0.15, 0.2) is 0 Å². The van der Waals surface area contributed by atoms with Gasteiger partial charge in [0.25, 0.3) is 0 Å². The van der Waals surface area contributed by atoms with Gasteiger partial charge in [-0.1, -0.05) is 15.9 Å². The molecule has 0 amide bonds. The number of hydrogen-bond acceptors (Lipinski definition) is 2. The van der Waals surface area contributed by atoms with Crippen LogP contribution in [0.2, 0.25) is 0 Å². The Hall–Kier alpha value is -0.840. The van der Waals surface area contributed by atoms with Crippen molar-refractivity contribution in [2.45, 2.75) is 6.54 Å². The van der Waals surface area contributed by atoms with E-state index in [9.17, 15) is 0 Å². The quantitative estimate of drug-likeness (QED) is 0.891. The molecule has 2 N–H and O–H groups in total. The zero-order chi connectivity index (χ0) is 12.8. The maximum atomic E-state index is 3.57. The molecule has 0 bridgehead atoms. The average Bonchev–Trinajstić information content (AvgIpc) is 3.04. The molecule has 100 valence electrons. The molecule has 2 aromatic rings. The molecule has 4 heteroatoms. The molecule has 1 aromatic heterocycles. The van der Waals surface area contributed by atoms with Gasteiger partial charge in [-0.25, -0.2) is 0 Å². The summed E-state index contributed by atoms with van der Waals surface area (Å²) < 4.78 is 1.16. The smallest absolute Gasteiger partial charge is 0.0458 e. The molecular formula is C15H18BrN3. The summed E-state index contributed by atoms with van der Waals surface area (Å²) in [5.41, 5.74) is 2.66. The summed E-state index contributed by atoms with van der Waals surface area (Å²) in [5.74, 6) is 1.74. The van der Waals surface area contributed by atoms with Crippen LogP contribution < -0.4 is 5.32 Å². The molecular weight excluding hydrogens is 302 g/mol. The Morgan fingerprint density at radius 1 is 1.21 bits per heavy atom. The van der Waals surface area contributed by atoms with E-state index < -0.39 is 0 Å². The minimum Gasteiger partial charge on any atom is -0.361 e. The van der Waals surface area contributed by atoms with E-state index in [1.807, 2.05) is 0 Å². The molecule has 0 radical (unpaired) electrons. The highest BCUT2D eigenvalue weighted by Gasteiger charge is 2.35. The first-order valence-electron chi connectivity index (χ1n) is 6.98. The summed E-state index contributed by atoms with van der Waals surface area (Å²) in [4.78, 5) is 5.99. The Bertz CT molecular complexity index is 594. The van der Waals surface area contributed by atoms with E-state index in [0.717, 1.165) is 22.9 Å². The lowest BCUT2D eigenvalue weighted by Crippen LogP contribution is -2.25. The van der Waals surface area contributed by atoms with Gasteiger partial charge < -0.3 is 10.3 Å². The minimum absolute atomic E-state index is 0.872. The molecule has 2 aliphatic rings. The van der Waals surface area contributed by atoms with Crippen molar-refractivity contribution in [2.24, 2.45) is 11.8 Å². The maximum Gasteiger partial charge on any atom is 0.0458 e. The van der Waals surface area contributed by atoms with Crippen molar-refractivity contribution in [1.29, 1.82) is 0 Å². The van der Waals surface area contributed by atoms with E-state index in [0.29, 0.717) is 0 Å². The van der Waals surface area contributed by atoms with Crippen LogP contribution in [0.15, 0.2) is 28.9 Å². The highest BCUT2D eigenvalue weighted by atomic mass is 79.9.